The summed E-state index contributed by atoms with van der Waals surface area (Å²) in [7, 11) is 3.19. The number of allylic oxidation sites excluding steroid dienone is 2. The lowest BCUT2D eigenvalue weighted by Crippen LogP contribution is -2.55. The van der Waals surface area contributed by atoms with Crippen LogP contribution in [0.1, 0.15) is 47.0 Å². The molecule has 0 radical (unpaired) electrons. The van der Waals surface area contributed by atoms with Crippen molar-refractivity contribution >= 4 is 6.09 Å². The molecule has 3 atom stereocenters. The average Bonchev–Trinajstić information content (AvgIpc) is 2.98. The SMILES string of the molecule is COC/C=C\C(COC(C)(CO)[C@@H](CC1=CCC(O)C=CC1)NC(=O)OC(C)C)=C(/C)OC. The third-order valence-corrected chi connectivity index (χ3v) is 5.44. The Morgan fingerprint density at radius 3 is 2.70 bits per heavy atom. The summed E-state index contributed by atoms with van der Waals surface area (Å²) in [6.45, 7) is 7.40. The zero-order valence-electron chi connectivity index (χ0n) is 20.8. The quantitative estimate of drug-likeness (QED) is 0.216. The summed E-state index contributed by atoms with van der Waals surface area (Å²) in [5.74, 6) is 0.678. The van der Waals surface area contributed by atoms with E-state index in [9.17, 15) is 15.0 Å². The number of ether oxygens (including phenoxy) is 4. The van der Waals surface area contributed by atoms with Crippen LogP contribution in [0.5, 0.6) is 0 Å². The van der Waals surface area contributed by atoms with Crippen molar-refractivity contribution in [1.29, 1.82) is 0 Å². The van der Waals surface area contributed by atoms with Crippen molar-refractivity contribution in [1.82, 2.24) is 5.32 Å². The third kappa shape index (κ3) is 10.6. The van der Waals surface area contributed by atoms with Crippen molar-refractivity contribution in [3.05, 3.63) is 47.3 Å². The van der Waals surface area contributed by atoms with Crippen molar-refractivity contribution in [2.45, 2.75) is 70.8 Å². The van der Waals surface area contributed by atoms with E-state index in [4.69, 9.17) is 18.9 Å². The lowest BCUT2D eigenvalue weighted by atomic mass is 9.89. The highest BCUT2D eigenvalue weighted by Crippen LogP contribution is 2.26. The van der Waals surface area contributed by atoms with Crippen molar-refractivity contribution in [2.75, 3.05) is 34.0 Å². The predicted octanol–water partition coefficient (Wildman–Crippen LogP) is 3.41. The van der Waals surface area contributed by atoms with E-state index < -0.39 is 23.8 Å². The first-order valence-corrected chi connectivity index (χ1v) is 11.3. The Balaban J connectivity index is 3.13. The molecule has 8 heteroatoms. The minimum Gasteiger partial charge on any atom is -0.501 e. The van der Waals surface area contributed by atoms with Crippen LogP contribution in [0.25, 0.3) is 0 Å². The lowest BCUT2D eigenvalue weighted by Gasteiger charge is -2.37. The number of carbonyl (C=O) groups excluding carboxylic acids is 1. The largest absolute Gasteiger partial charge is 0.501 e. The molecule has 188 valence electrons. The van der Waals surface area contributed by atoms with Crippen LogP contribution in [0.3, 0.4) is 0 Å². The highest BCUT2D eigenvalue weighted by molar-refractivity contribution is 5.68. The average molecular weight is 468 g/mol. The van der Waals surface area contributed by atoms with Crippen LogP contribution in [-0.4, -0.2) is 74.2 Å². The van der Waals surface area contributed by atoms with Crippen LogP contribution in [0, 0.1) is 0 Å². The maximum Gasteiger partial charge on any atom is 0.407 e. The zero-order chi connectivity index (χ0) is 24.9. The number of amides is 1. The van der Waals surface area contributed by atoms with E-state index in [-0.39, 0.29) is 19.3 Å². The summed E-state index contributed by atoms with van der Waals surface area (Å²) < 4.78 is 21.9. The second kappa shape index (κ2) is 14.9. The fraction of sp³-hybridized carbons (Fsp3) is 0.640. The summed E-state index contributed by atoms with van der Waals surface area (Å²) in [6.07, 6.45) is 9.53. The van der Waals surface area contributed by atoms with Crippen LogP contribution in [0.15, 0.2) is 47.3 Å². The molecule has 0 aromatic carbocycles. The molecule has 1 aliphatic carbocycles. The number of nitrogens with one attached hydrogen (secondary N) is 1. The van der Waals surface area contributed by atoms with Gasteiger partial charge in [-0.2, -0.15) is 0 Å². The van der Waals surface area contributed by atoms with Gasteiger partial charge in [0.1, 0.15) is 5.60 Å². The molecule has 0 spiro atoms. The van der Waals surface area contributed by atoms with E-state index in [1.165, 1.54) is 0 Å². The Hall–Kier alpha value is -2.13. The van der Waals surface area contributed by atoms with Crippen LogP contribution in [-0.2, 0) is 18.9 Å². The molecular weight excluding hydrogens is 426 g/mol. The number of carbonyl (C=O) groups is 1. The summed E-state index contributed by atoms with van der Waals surface area (Å²) in [5, 5.41) is 23.1. The normalized spacial score (nSPS) is 20.0. The van der Waals surface area contributed by atoms with Gasteiger partial charge in [-0.05, 0) is 47.0 Å². The Morgan fingerprint density at radius 1 is 1.36 bits per heavy atom. The molecule has 33 heavy (non-hydrogen) atoms. The maximum atomic E-state index is 12.5. The second-order valence-electron chi connectivity index (χ2n) is 8.56. The maximum absolute atomic E-state index is 12.5. The molecule has 0 aliphatic heterocycles. The topological polar surface area (TPSA) is 106 Å². The minimum absolute atomic E-state index is 0.159. The standard InChI is InChI=1S/C25H41NO7/c1-18(2)33-24(29)26-23(15-20-9-7-11-22(28)13-12-20)25(4,17-27)32-16-21(19(3)31-6)10-8-14-30-5/h7-8,10-12,18,22-23,27-28H,9,13-17H2,1-6H3,(H,26,29)/b10-8-,21-19-/t22?,23-,25?/m1/s1. The predicted molar refractivity (Wildman–Crippen MR) is 128 cm³/mol. The van der Waals surface area contributed by atoms with E-state index in [0.29, 0.717) is 31.6 Å². The highest BCUT2D eigenvalue weighted by atomic mass is 16.6. The molecule has 0 heterocycles. The van der Waals surface area contributed by atoms with Gasteiger partial charge in [0, 0.05) is 12.7 Å². The smallest absolute Gasteiger partial charge is 0.407 e. The molecule has 0 aromatic heterocycles. The monoisotopic (exact) mass is 467 g/mol. The molecule has 0 fully saturated rings. The van der Waals surface area contributed by atoms with E-state index in [0.717, 1.165) is 11.1 Å². The first kappa shape index (κ1) is 28.9. The Morgan fingerprint density at radius 2 is 2.09 bits per heavy atom. The molecule has 3 N–H and O–H groups in total. The van der Waals surface area contributed by atoms with Crippen LogP contribution >= 0.6 is 0 Å². The Kier molecular flexibility index (Phi) is 13.1. The van der Waals surface area contributed by atoms with Gasteiger partial charge in [0.2, 0.25) is 0 Å². The fourth-order valence-corrected chi connectivity index (χ4v) is 3.25. The van der Waals surface area contributed by atoms with Crippen molar-refractivity contribution < 1.29 is 34.0 Å². The van der Waals surface area contributed by atoms with Crippen LogP contribution < -0.4 is 5.32 Å². The van der Waals surface area contributed by atoms with E-state index in [1.54, 1.807) is 41.1 Å². The molecule has 0 bridgehead atoms. The van der Waals surface area contributed by atoms with Crippen LogP contribution in [0.2, 0.25) is 0 Å². The van der Waals surface area contributed by atoms with Crippen molar-refractivity contribution in [2.24, 2.45) is 0 Å². The molecule has 8 nitrogen and oxygen atoms in total. The second-order valence-corrected chi connectivity index (χ2v) is 8.56. The number of hydrogen-bond acceptors (Lipinski definition) is 7. The van der Waals surface area contributed by atoms with Gasteiger partial charge in [-0.3, -0.25) is 0 Å². The number of hydrogen-bond donors (Lipinski definition) is 3. The number of alkyl carbamates (subject to hydrolysis) is 1. The lowest BCUT2D eigenvalue weighted by molar-refractivity contribution is -0.0808. The number of aliphatic hydroxyl groups excluding tert-OH is 2. The van der Waals surface area contributed by atoms with Gasteiger partial charge in [0.25, 0.3) is 0 Å². The minimum atomic E-state index is -1.11. The van der Waals surface area contributed by atoms with Gasteiger partial charge >= 0.3 is 6.09 Å². The molecule has 1 amide bonds. The first-order chi connectivity index (χ1) is 15.6. The number of rotatable bonds is 13. The van der Waals surface area contributed by atoms with Gasteiger partial charge in [-0.15, -0.1) is 0 Å². The first-order valence-electron chi connectivity index (χ1n) is 11.3. The van der Waals surface area contributed by atoms with E-state index in [2.05, 4.69) is 5.32 Å². The van der Waals surface area contributed by atoms with Gasteiger partial charge in [-0.1, -0.05) is 36.0 Å². The molecule has 1 rings (SSSR count). The van der Waals surface area contributed by atoms with E-state index >= 15 is 0 Å². The summed E-state index contributed by atoms with van der Waals surface area (Å²) >= 11 is 0. The van der Waals surface area contributed by atoms with Crippen LogP contribution in [0.4, 0.5) is 4.79 Å². The molecule has 0 aromatic rings. The van der Waals surface area contributed by atoms with Gasteiger partial charge < -0.3 is 34.5 Å². The van der Waals surface area contributed by atoms with Gasteiger partial charge in [0.15, 0.2) is 0 Å². The summed E-state index contributed by atoms with van der Waals surface area (Å²) in [5.41, 5.74) is 0.710. The Bertz CT molecular complexity index is 726. The molecular formula is C25H41NO7. The van der Waals surface area contributed by atoms with Gasteiger partial charge in [-0.25, -0.2) is 4.79 Å². The fourth-order valence-electron chi connectivity index (χ4n) is 3.25. The van der Waals surface area contributed by atoms with E-state index in [1.807, 2.05) is 31.2 Å². The molecule has 0 saturated carbocycles. The molecule has 1 aliphatic rings. The van der Waals surface area contributed by atoms with Crippen molar-refractivity contribution in [3.63, 3.8) is 0 Å². The molecule has 2 unspecified atom stereocenters. The summed E-state index contributed by atoms with van der Waals surface area (Å²) in [4.78, 5) is 12.5. The number of aliphatic hydroxyl groups is 2. The highest BCUT2D eigenvalue weighted by Gasteiger charge is 2.37. The van der Waals surface area contributed by atoms with Gasteiger partial charge in [0.05, 0.1) is 50.9 Å². The van der Waals surface area contributed by atoms with Crippen molar-refractivity contribution in [3.8, 4) is 0 Å². The third-order valence-electron chi connectivity index (χ3n) is 5.44. The summed E-state index contributed by atoms with van der Waals surface area (Å²) in [6, 6.07) is -0.573. The number of methoxy groups -OCH3 is 2. The molecule has 0 saturated heterocycles. The zero-order valence-corrected chi connectivity index (χ0v) is 20.8. The Labute approximate surface area is 197 Å².